The molecular weight excluding hydrogens is 202 g/mol. The summed E-state index contributed by atoms with van der Waals surface area (Å²) in [5.74, 6) is 0.783. The standard InChI is InChI=1S/C11H15N5/c1-9(2)13-5-10-3-4-11(14-6-10)16-8-12-7-15-16/h3-4,6-9,13H,5H2,1-2H3. The lowest BCUT2D eigenvalue weighted by Gasteiger charge is -2.07. The highest BCUT2D eigenvalue weighted by Gasteiger charge is 1.99. The van der Waals surface area contributed by atoms with Crippen LogP contribution < -0.4 is 5.32 Å². The number of nitrogens with one attached hydrogen (secondary N) is 1. The van der Waals surface area contributed by atoms with Gasteiger partial charge < -0.3 is 5.32 Å². The van der Waals surface area contributed by atoms with Crippen molar-refractivity contribution in [1.82, 2.24) is 25.1 Å². The Kier molecular flexibility index (Phi) is 3.26. The summed E-state index contributed by atoms with van der Waals surface area (Å²) in [6.45, 7) is 5.08. The fourth-order valence-electron chi connectivity index (χ4n) is 1.31. The molecule has 0 amide bonds. The van der Waals surface area contributed by atoms with Crippen LogP contribution in [-0.4, -0.2) is 25.8 Å². The van der Waals surface area contributed by atoms with E-state index in [1.807, 2.05) is 18.3 Å². The molecule has 0 radical (unpaired) electrons. The first kappa shape index (κ1) is 10.8. The molecular formula is C11H15N5. The van der Waals surface area contributed by atoms with E-state index < -0.39 is 0 Å². The maximum absolute atomic E-state index is 4.32. The number of hydrogen-bond donors (Lipinski definition) is 1. The molecule has 0 aliphatic carbocycles. The minimum absolute atomic E-state index is 0.481. The maximum atomic E-state index is 4.32. The van der Waals surface area contributed by atoms with Gasteiger partial charge in [-0.15, -0.1) is 0 Å². The summed E-state index contributed by atoms with van der Waals surface area (Å²) in [7, 11) is 0. The first-order chi connectivity index (χ1) is 7.75. The second-order valence-electron chi connectivity index (χ2n) is 3.90. The first-order valence-corrected chi connectivity index (χ1v) is 5.29. The highest BCUT2D eigenvalue weighted by molar-refractivity contribution is 5.23. The van der Waals surface area contributed by atoms with E-state index in [0.717, 1.165) is 17.9 Å². The second kappa shape index (κ2) is 4.85. The minimum atomic E-state index is 0.481. The molecule has 5 heteroatoms. The molecule has 84 valence electrons. The molecule has 2 aromatic rings. The molecule has 0 aliphatic heterocycles. The van der Waals surface area contributed by atoms with Crippen LogP contribution in [-0.2, 0) is 6.54 Å². The van der Waals surface area contributed by atoms with Crippen LogP contribution in [0.25, 0.3) is 5.82 Å². The van der Waals surface area contributed by atoms with Gasteiger partial charge in [0.1, 0.15) is 12.7 Å². The monoisotopic (exact) mass is 217 g/mol. The largest absolute Gasteiger partial charge is 0.310 e. The van der Waals surface area contributed by atoms with E-state index in [1.54, 1.807) is 11.0 Å². The van der Waals surface area contributed by atoms with Crippen LogP contribution in [0.15, 0.2) is 31.0 Å². The van der Waals surface area contributed by atoms with Gasteiger partial charge in [0.2, 0.25) is 0 Å². The van der Waals surface area contributed by atoms with Crippen molar-refractivity contribution < 1.29 is 0 Å². The van der Waals surface area contributed by atoms with Gasteiger partial charge in [0.15, 0.2) is 5.82 Å². The van der Waals surface area contributed by atoms with Crippen molar-refractivity contribution in [3.63, 3.8) is 0 Å². The summed E-state index contributed by atoms with van der Waals surface area (Å²) < 4.78 is 1.64. The number of nitrogens with zero attached hydrogens (tertiary/aromatic N) is 4. The molecule has 1 N–H and O–H groups in total. The second-order valence-corrected chi connectivity index (χ2v) is 3.90. The van der Waals surface area contributed by atoms with Gasteiger partial charge in [-0.2, -0.15) is 5.10 Å². The molecule has 5 nitrogen and oxygen atoms in total. The molecule has 0 atom stereocenters. The topological polar surface area (TPSA) is 55.6 Å². The fraction of sp³-hybridized carbons (Fsp3) is 0.364. The molecule has 0 saturated carbocycles. The van der Waals surface area contributed by atoms with Crippen LogP contribution in [0.5, 0.6) is 0 Å². The fourth-order valence-corrected chi connectivity index (χ4v) is 1.31. The average Bonchev–Trinajstić information content (AvgIpc) is 2.80. The molecule has 0 saturated heterocycles. The van der Waals surface area contributed by atoms with Crippen molar-refractivity contribution in [3.05, 3.63) is 36.5 Å². The van der Waals surface area contributed by atoms with Crippen LogP contribution in [0.4, 0.5) is 0 Å². The lowest BCUT2D eigenvalue weighted by Crippen LogP contribution is -2.21. The van der Waals surface area contributed by atoms with Gasteiger partial charge in [-0.1, -0.05) is 19.9 Å². The van der Waals surface area contributed by atoms with Crippen molar-refractivity contribution >= 4 is 0 Å². The molecule has 0 aliphatic rings. The van der Waals surface area contributed by atoms with Gasteiger partial charge in [0, 0.05) is 18.8 Å². The lowest BCUT2D eigenvalue weighted by atomic mass is 10.2. The summed E-state index contributed by atoms with van der Waals surface area (Å²) in [5, 5.41) is 7.36. The van der Waals surface area contributed by atoms with Crippen LogP contribution >= 0.6 is 0 Å². The Bertz CT molecular complexity index is 418. The average molecular weight is 217 g/mol. The van der Waals surface area contributed by atoms with Crippen LogP contribution in [0.1, 0.15) is 19.4 Å². The third kappa shape index (κ3) is 2.64. The Balaban J connectivity index is 2.05. The molecule has 2 rings (SSSR count). The Morgan fingerprint density at radius 2 is 2.25 bits per heavy atom. The molecule has 0 bridgehead atoms. The highest BCUT2D eigenvalue weighted by atomic mass is 15.3. The number of aromatic nitrogens is 4. The SMILES string of the molecule is CC(C)NCc1ccc(-n2cncn2)nc1. The molecule has 2 heterocycles. The van der Waals surface area contributed by atoms with Gasteiger partial charge >= 0.3 is 0 Å². The zero-order valence-electron chi connectivity index (χ0n) is 9.46. The van der Waals surface area contributed by atoms with E-state index in [2.05, 4.69) is 34.2 Å². The molecule has 0 spiro atoms. The molecule has 16 heavy (non-hydrogen) atoms. The predicted octanol–water partition coefficient (Wildman–Crippen LogP) is 1.16. The van der Waals surface area contributed by atoms with Crippen LogP contribution in [0.3, 0.4) is 0 Å². The lowest BCUT2D eigenvalue weighted by molar-refractivity contribution is 0.587. The first-order valence-electron chi connectivity index (χ1n) is 5.29. The highest BCUT2D eigenvalue weighted by Crippen LogP contribution is 2.03. The van der Waals surface area contributed by atoms with Crippen molar-refractivity contribution in [2.24, 2.45) is 0 Å². The number of rotatable bonds is 4. The van der Waals surface area contributed by atoms with E-state index in [1.165, 1.54) is 6.33 Å². The smallest absolute Gasteiger partial charge is 0.155 e. The van der Waals surface area contributed by atoms with Crippen molar-refractivity contribution in [3.8, 4) is 5.82 Å². The van der Waals surface area contributed by atoms with Crippen LogP contribution in [0, 0.1) is 0 Å². The summed E-state index contributed by atoms with van der Waals surface area (Å²) in [6, 6.07) is 4.46. The summed E-state index contributed by atoms with van der Waals surface area (Å²) in [4.78, 5) is 8.20. The molecule has 0 aromatic carbocycles. The van der Waals surface area contributed by atoms with Gasteiger partial charge in [-0.05, 0) is 11.6 Å². The van der Waals surface area contributed by atoms with E-state index in [4.69, 9.17) is 0 Å². The summed E-state index contributed by atoms with van der Waals surface area (Å²) >= 11 is 0. The van der Waals surface area contributed by atoms with Crippen molar-refractivity contribution in [2.75, 3.05) is 0 Å². The summed E-state index contributed by atoms with van der Waals surface area (Å²) in [5.41, 5.74) is 1.16. The van der Waals surface area contributed by atoms with Gasteiger partial charge in [0.05, 0.1) is 0 Å². The quantitative estimate of drug-likeness (QED) is 0.835. The Morgan fingerprint density at radius 1 is 1.38 bits per heavy atom. The molecule has 0 unspecified atom stereocenters. The van der Waals surface area contributed by atoms with E-state index in [-0.39, 0.29) is 0 Å². The van der Waals surface area contributed by atoms with Gasteiger partial charge in [-0.3, -0.25) is 0 Å². The van der Waals surface area contributed by atoms with Crippen molar-refractivity contribution in [1.29, 1.82) is 0 Å². The Hall–Kier alpha value is -1.75. The summed E-state index contributed by atoms with van der Waals surface area (Å²) in [6.07, 6.45) is 4.98. The van der Waals surface area contributed by atoms with Gasteiger partial charge in [-0.25, -0.2) is 14.6 Å². The van der Waals surface area contributed by atoms with E-state index >= 15 is 0 Å². The van der Waals surface area contributed by atoms with Crippen molar-refractivity contribution in [2.45, 2.75) is 26.4 Å². The van der Waals surface area contributed by atoms with E-state index in [0.29, 0.717) is 6.04 Å². The van der Waals surface area contributed by atoms with Crippen LogP contribution in [0.2, 0.25) is 0 Å². The van der Waals surface area contributed by atoms with E-state index in [9.17, 15) is 0 Å². The molecule has 0 fully saturated rings. The number of pyridine rings is 1. The zero-order chi connectivity index (χ0) is 11.4. The Morgan fingerprint density at radius 3 is 2.81 bits per heavy atom. The van der Waals surface area contributed by atoms with Gasteiger partial charge in [0.25, 0.3) is 0 Å². The minimum Gasteiger partial charge on any atom is -0.310 e. The normalized spacial score (nSPS) is 10.9. The zero-order valence-corrected chi connectivity index (χ0v) is 9.46. The molecule has 2 aromatic heterocycles. The maximum Gasteiger partial charge on any atom is 0.155 e. The number of hydrogen-bond acceptors (Lipinski definition) is 4. The predicted molar refractivity (Wildman–Crippen MR) is 61.1 cm³/mol. The third-order valence-electron chi connectivity index (χ3n) is 2.18. The third-order valence-corrected chi connectivity index (χ3v) is 2.18. The Labute approximate surface area is 94.5 Å².